The summed E-state index contributed by atoms with van der Waals surface area (Å²) in [6.07, 6.45) is -0.510. The molecule has 0 unspecified atom stereocenters. The Morgan fingerprint density at radius 2 is 1.61 bits per heavy atom. The van der Waals surface area contributed by atoms with E-state index in [-0.39, 0.29) is 12.2 Å². The fourth-order valence-electron chi connectivity index (χ4n) is 3.13. The molecule has 2 rings (SSSR count). The minimum atomic E-state index is -0.967. The molecular formula is C26H35N3O6S. The number of rotatable bonds is 12. The number of para-hydroxylation sites is 2. The Balaban J connectivity index is 2.10. The maximum Gasteiger partial charge on any atom is 0.408 e. The highest BCUT2D eigenvalue weighted by molar-refractivity contribution is 8.00. The monoisotopic (exact) mass is 517 g/mol. The first-order valence-electron chi connectivity index (χ1n) is 11.6. The Morgan fingerprint density at radius 1 is 0.944 bits per heavy atom. The van der Waals surface area contributed by atoms with Gasteiger partial charge in [-0.1, -0.05) is 42.5 Å². The number of carbonyl (C=O) groups excluding carboxylic acids is 3. The lowest BCUT2D eigenvalue weighted by Gasteiger charge is -2.25. The summed E-state index contributed by atoms with van der Waals surface area (Å²) < 4.78 is 19.0. The SMILES string of the molecule is CCOc1ccccc1NSC[C@H](NC(=O)[C@H](Cc1ccccc1)NC(=O)OC(C)(C)C)C(=O)OC. The molecule has 0 saturated heterocycles. The zero-order valence-corrected chi connectivity index (χ0v) is 22.1. The molecule has 0 aromatic heterocycles. The van der Waals surface area contributed by atoms with Gasteiger partial charge in [-0.25, -0.2) is 9.59 Å². The number of hydrogen-bond donors (Lipinski definition) is 3. The van der Waals surface area contributed by atoms with E-state index >= 15 is 0 Å². The van der Waals surface area contributed by atoms with E-state index in [0.717, 1.165) is 11.3 Å². The molecule has 0 heterocycles. The summed E-state index contributed by atoms with van der Waals surface area (Å²) >= 11 is 1.22. The maximum atomic E-state index is 13.2. The van der Waals surface area contributed by atoms with Crippen molar-refractivity contribution < 1.29 is 28.6 Å². The summed E-state index contributed by atoms with van der Waals surface area (Å²) in [4.78, 5) is 38.1. The summed E-state index contributed by atoms with van der Waals surface area (Å²) in [5.41, 5.74) is 0.853. The summed E-state index contributed by atoms with van der Waals surface area (Å²) in [7, 11) is 1.25. The Labute approximate surface area is 216 Å². The molecule has 0 spiro atoms. The zero-order valence-electron chi connectivity index (χ0n) is 21.3. The number of methoxy groups -OCH3 is 1. The summed E-state index contributed by atoms with van der Waals surface area (Å²) in [6.45, 7) is 7.61. The lowest BCUT2D eigenvalue weighted by molar-refractivity contribution is -0.144. The normalized spacial score (nSPS) is 12.6. The molecule has 2 aromatic carbocycles. The predicted octanol–water partition coefficient (Wildman–Crippen LogP) is 3.94. The minimum absolute atomic E-state index is 0.170. The fourth-order valence-corrected chi connectivity index (χ4v) is 3.92. The van der Waals surface area contributed by atoms with Crippen LogP contribution in [0.4, 0.5) is 10.5 Å². The van der Waals surface area contributed by atoms with Crippen LogP contribution in [0, 0.1) is 0 Å². The Kier molecular flexibility index (Phi) is 11.4. The molecule has 0 fully saturated rings. The summed E-state index contributed by atoms with van der Waals surface area (Å²) in [5, 5.41) is 5.33. The highest BCUT2D eigenvalue weighted by Crippen LogP contribution is 2.26. The largest absolute Gasteiger partial charge is 0.492 e. The molecule has 0 saturated carbocycles. The first kappa shape index (κ1) is 28.8. The Bertz CT molecular complexity index is 997. The van der Waals surface area contributed by atoms with Crippen LogP contribution in [0.1, 0.15) is 33.3 Å². The minimum Gasteiger partial charge on any atom is -0.492 e. The van der Waals surface area contributed by atoms with E-state index in [1.165, 1.54) is 19.1 Å². The number of benzene rings is 2. The van der Waals surface area contributed by atoms with Crippen molar-refractivity contribution in [2.75, 3.05) is 24.2 Å². The first-order valence-corrected chi connectivity index (χ1v) is 12.6. The van der Waals surface area contributed by atoms with E-state index in [0.29, 0.717) is 12.4 Å². The molecule has 0 aliphatic rings. The summed E-state index contributed by atoms with van der Waals surface area (Å²) in [5.74, 6) is -0.291. The van der Waals surface area contributed by atoms with Crippen molar-refractivity contribution in [3.8, 4) is 5.75 Å². The third-order valence-electron chi connectivity index (χ3n) is 4.71. The lowest BCUT2D eigenvalue weighted by Crippen LogP contribution is -2.54. The van der Waals surface area contributed by atoms with Gasteiger partial charge in [0.15, 0.2) is 0 Å². The van der Waals surface area contributed by atoms with Gasteiger partial charge in [-0.2, -0.15) is 0 Å². The second-order valence-corrected chi connectivity index (χ2v) is 9.64. The standard InChI is InChI=1S/C26H35N3O6S/c1-6-34-22-15-11-10-14-19(22)29-36-17-21(24(31)33-5)27-23(30)20(16-18-12-8-7-9-13-18)28-25(32)35-26(2,3)4/h7-15,20-21,29H,6,16-17H2,1-5H3,(H,27,30)(H,28,32)/t20-,21-/m0/s1. The second kappa shape index (κ2) is 14.2. The van der Waals surface area contributed by atoms with E-state index in [2.05, 4.69) is 15.4 Å². The molecule has 36 heavy (non-hydrogen) atoms. The second-order valence-electron chi connectivity index (χ2n) is 8.82. The molecule has 0 aliphatic heterocycles. The Hall–Kier alpha value is -3.40. The van der Waals surface area contributed by atoms with Crippen LogP contribution >= 0.6 is 11.9 Å². The third-order valence-corrected chi connectivity index (χ3v) is 5.58. The molecule has 2 aromatic rings. The van der Waals surface area contributed by atoms with Crippen LogP contribution in [0.25, 0.3) is 0 Å². The smallest absolute Gasteiger partial charge is 0.408 e. The van der Waals surface area contributed by atoms with Crippen LogP contribution < -0.4 is 20.1 Å². The van der Waals surface area contributed by atoms with Crippen LogP contribution in [0.5, 0.6) is 5.75 Å². The van der Waals surface area contributed by atoms with Gasteiger partial charge in [0.2, 0.25) is 5.91 Å². The van der Waals surface area contributed by atoms with E-state index in [1.54, 1.807) is 20.8 Å². The molecule has 196 valence electrons. The number of esters is 1. The molecule has 10 heteroatoms. The number of anilines is 1. The maximum absolute atomic E-state index is 13.2. The highest BCUT2D eigenvalue weighted by Gasteiger charge is 2.29. The fraction of sp³-hybridized carbons (Fsp3) is 0.423. The molecule has 0 aliphatic carbocycles. The van der Waals surface area contributed by atoms with Gasteiger partial charge in [0.05, 0.1) is 19.4 Å². The predicted molar refractivity (Wildman–Crippen MR) is 141 cm³/mol. The number of hydrogen-bond acceptors (Lipinski definition) is 8. The van der Waals surface area contributed by atoms with Gasteiger partial charge in [0, 0.05) is 12.2 Å². The number of ether oxygens (including phenoxy) is 3. The van der Waals surface area contributed by atoms with Gasteiger partial charge in [0.25, 0.3) is 0 Å². The molecule has 2 amide bonds. The van der Waals surface area contributed by atoms with Crippen molar-refractivity contribution >= 4 is 35.6 Å². The summed E-state index contributed by atoms with van der Waals surface area (Å²) in [6, 6.07) is 14.7. The van der Waals surface area contributed by atoms with Gasteiger partial charge in [-0.15, -0.1) is 0 Å². The van der Waals surface area contributed by atoms with Crippen LogP contribution in [-0.2, 0) is 25.5 Å². The van der Waals surface area contributed by atoms with Gasteiger partial charge < -0.3 is 29.6 Å². The van der Waals surface area contributed by atoms with Crippen LogP contribution in [0.15, 0.2) is 54.6 Å². The third kappa shape index (κ3) is 10.1. The van der Waals surface area contributed by atoms with Gasteiger partial charge in [0.1, 0.15) is 23.4 Å². The quantitative estimate of drug-likeness (QED) is 0.287. The van der Waals surface area contributed by atoms with Crippen molar-refractivity contribution in [2.45, 2.75) is 51.8 Å². The molecule has 9 nitrogen and oxygen atoms in total. The lowest BCUT2D eigenvalue weighted by atomic mass is 10.1. The van der Waals surface area contributed by atoms with E-state index in [1.807, 2.05) is 61.5 Å². The molecule has 3 N–H and O–H groups in total. The first-order chi connectivity index (χ1) is 17.1. The van der Waals surface area contributed by atoms with Gasteiger partial charge in [-0.3, -0.25) is 4.79 Å². The number of amides is 2. The topological polar surface area (TPSA) is 115 Å². The van der Waals surface area contributed by atoms with Crippen LogP contribution in [0.3, 0.4) is 0 Å². The van der Waals surface area contributed by atoms with E-state index in [9.17, 15) is 14.4 Å². The Morgan fingerprint density at radius 3 is 2.25 bits per heavy atom. The number of alkyl carbamates (subject to hydrolysis) is 1. The zero-order chi connectivity index (χ0) is 26.6. The van der Waals surface area contributed by atoms with Gasteiger partial charge >= 0.3 is 12.1 Å². The van der Waals surface area contributed by atoms with E-state index in [4.69, 9.17) is 14.2 Å². The highest BCUT2D eigenvalue weighted by atomic mass is 32.2. The van der Waals surface area contributed by atoms with E-state index < -0.39 is 35.7 Å². The number of carbonyl (C=O) groups is 3. The molecule has 0 bridgehead atoms. The van der Waals surface area contributed by atoms with Crippen molar-refractivity contribution in [2.24, 2.45) is 0 Å². The average molecular weight is 518 g/mol. The number of nitrogens with one attached hydrogen (secondary N) is 3. The van der Waals surface area contributed by atoms with Crippen molar-refractivity contribution in [1.82, 2.24) is 10.6 Å². The van der Waals surface area contributed by atoms with Crippen LogP contribution in [-0.4, -0.2) is 55.1 Å². The van der Waals surface area contributed by atoms with Crippen molar-refractivity contribution in [3.63, 3.8) is 0 Å². The van der Waals surface area contributed by atoms with Crippen molar-refractivity contribution in [1.29, 1.82) is 0 Å². The average Bonchev–Trinajstić information content (AvgIpc) is 2.83. The molecular weight excluding hydrogens is 482 g/mol. The molecule has 2 atom stereocenters. The van der Waals surface area contributed by atoms with Crippen LogP contribution in [0.2, 0.25) is 0 Å². The van der Waals surface area contributed by atoms with Crippen molar-refractivity contribution in [3.05, 3.63) is 60.2 Å². The van der Waals surface area contributed by atoms with Gasteiger partial charge in [-0.05, 0) is 57.3 Å². The molecule has 0 radical (unpaired) electrons.